The molecule has 4 N–H and O–H groups in total. The number of aliphatic hydroxyl groups is 3. The average Bonchev–Trinajstić information content (AvgIpc) is 3.09. The molecule has 0 rings (SSSR count). The Bertz CT molecular complexity index is 709. The minimum atomic E-state index is -1.16. The molecule has 0 fully saturated rings. The number of rotatable bonds is 38. The second kappa shape index (κ2) is 38.6. The van der Waals surface area contributed by atoms with Gasteiger partial charge in [0.1, 0.15) is 6.10 Å². The zero-order valence-electron chi connectivity index (χ0n) is 32.1. The highest BCUT2D eigenvalue weighted by Crippen LogP contribution is 2.15. The minimum absolute atomic E-state index is 0.170. The molecule has 0 saturated carbocycles. The summed E-state index contributed by atoms with van der Waals surface area (Å²) >= 11 is 0. The van der Waals surface area contributed by atoms with E-state index in [-0.39, 0.29) is 12.5 Å². The van der Waals surface area contributed by atoms with Crippen LogP contribution < -0.4 is 5.32 Å². The number of carbonyl (C=O) groups excluding carboxylic acids is 1. The fourth-order valence-corrected chi connectivity index (χ4v) is 6.45. The summed E-state index contributed by atoms with van der Waals surface area (Å²) in [6.07, 6.45) is 45.7. The molecule has 0 heterocycles. The summed E-state index contributed by atoms with van der Waals surface area (Å²) < 4.78 is 0. The highest BCUT2D eigenvalue weighted by atomic mass is 16.3. The molecule has 0 aliphatic rings. The largest absolute Gasteiger partial charge is 0.394 e. The molecule has 0 spiro atoms. The van der Waals surface area contributed by atoms with Crippen molar-refractivity contribution in [3.63, 3.8) is 0 Å². The van der Waals surface area contributed by atoms with Gasteiger partial charge in [-0.05, 0) is 64.2 Å². The lowest BCUT2D eigenvalue weighted by Crippen LogP contribution is -2.50. The smallest absolute Gasteiger partial charge is 0.220 e. The number of carbonyl (C=O) groups is 1. The van der Waals surface area contributed by atoms with E-state index in [1.54, 1.807) is 0 Å². The molecule has 48 heavy (non-hydrogen) atoms. The molecule has 5 nitrogen and oxygen atoms in total. The topological polar surface area (TPSA) is 89.8 Å². The van der Waals surface area contributed by atoms with Crippen LogP contribution in [0.15, 0.2) is 24.3 Å². The summed E-state index contributed by atoms with van der Waals surface area (Å²) in [5, 5.41) is 33.4. The molecular weight excluding hydrogens is 594 g/mol. The van der Waals surface area contributed by atoms with E-state index in [9.17, 15) is 20.1 Å². The van der Waals surface area contributed by atoms with Gasteiger partial charge in [-0.3, -0.25) is 4.79 Å². The van der Waals surface area contributed by atoms with Gasteiger partial charge in [-0.15, -0.1) is 0 Å². The Morgan fingerprint density at radius 1 is 0.500 bits per heavy atom. The lowest BCUT2D eigenvalue weighted by Gasteiger charge is -2.26. The molecule has 0 saturated heterocycles. The number of unbranched alkanes of at least 4 members (excludes halogenated alkanes) is 26. The van der Waals surface area contributed by atoms with Crippen LogP contribution in [-0.2, 0) is 4.79 Å². The minimum Gasteiger partial charge on any atom is -0.394 e. The van der Waals surface area contributed by atoms with Crippen LogP contribution >= 0.6 is 0 Å². The monoisotopic (exact) mass is 678 g/mol. The van der Waals surface area contributed by atoms with Crippen molar-refractivity contribution in [2.75, 3.05) is 6.61 Å². The second-order valence-corrected chi connectivity index (χ2v) is 14.5. The Labute approximate surface area is 299 Å². The molecule has 3 unspecified atom stereocenters. The predicted octanol–water partition coefficient (Wildman–Crippen LogP) is 11.8. The molecule has 0 aromatic carbocycles. The third kappa shape index (κ3) is 33.3. The molecule has 3 atom stereocenters. The van der Waals surface area contributed by atoms with Crippen LogP contribution in [0.3, 0.4) is 0 Å². The second-order valence-electron chi connectivity index (χ2n) is 14.5. The summed E-state index contributed by atoms with van der Waals surface area (Å²) in [6.45, 7) is 4.15. The number of allylic oxidation sites excluding steroid dienone is 4. The van der Waals surface area contributed by atoms with Crippen molar-refractivity contribution >= 4 is 5.91 Å². The number of nitrogens with one attached hydrogen (secondary N) is 1. The van der Waals surface area contributed by atoms with Gasteiger partial charge in [0.25, 0.3) is 0 Å². The Kier molecular flexibility index (Phi) is 37.7. The Morgan fingerprint density at radius 3 is 1.21 bits per heavy atom. The molecule has 5 heteroatoms. The molecule has 0 bridgehead atoms. The Balaban J connectivity index is 3.67. The fraction of sp³-hybridized carbons (Fsp3) is 0.884. The van der Waals surface area contributed by atoms with Crippen LogP contribution in [0.1, 0.15) is 219 Å². The van der Waals surface area contributed by atoms with Crippen LogP contribution in [-0.4, -0.2) is 46.1 Å². The van der Waals surface area contributed by atoms with Crippen LogP contribution in [0.25, 0.3) is 0 Å². The van der Waals surface area contributed by atoms with Crippen LogP contribution in [0.4, 0.5) is 0 Å². The maximum atomic E-state index is 12.4. The van der Waals surface area contributed by atoms with Crippen molar-refractivity contribution in [2.45, 2.75) is 238 Å². The van der Waals surface area contributed by atoms with Gasteiger partial charge in [0.15, 0.2) is 0 Å². The van der Waals surface area contributed by atoms with Crippen molar-refractivity contribution in [1.29, 1.82) is 0 Å². The molecule has 284 valence electrons. The fourth-order valence-electron chi connectivity index (χ4n) is 6.45. The van der Waals surface area contributed by atoms with E-state index in [1.165, 1.54) is 148 Å². The first kappa shape index (κ1) is 46.8. The number of hydrogen-bond acceptors (Lipinski definition) is 4. The first-order valence-corrected chi connectivity index (χ1v) is 21.1. The van der Waals surface area contributed by atoms with Gasteiger partial charge >= 0.3 is 0 Å². The van der Waals surface area contributed by atoms with E-state index < -0.39 is 18.2 Å². The third-order valence-electron chi connectivity index (χ3n) is 9.78. The zero-order valence-corrected chi connectivity index (χ0v) is 32.1. The third-order valence-corrected chi connectivity index (χ3v) is 9.78. The van der Waals surface area contributed by atoms with Crippen molar-refractivity contribution in [3.05, 3.63) is 24.3 Å². The first-order chi connectivity index (χ1) is 23.6. The normalized spacial score (nSPS) is 13.9. The molecule has 0 aliphatic carbocycles. The van der Waals surface area contributed by atoms with E-state index in [4.69, 9.17) is 0 Å². The maximum Gasteiger partial charge on any atom is 0.220 e. The summed E-state index contributed by atoms with van der Waals surface area (Å²) in [5.41, 5.74) is 0. The highest BCUT2D eigenvalue weighted by molar-refractivity contribution is 5.76. The number of hydrogen-bond donors (Lipinski definition) is 4. The summed E-state index contributed by atoms with van der Waals surface area (Å²) in [4.78, 5) is 12.4. The van der Waals surface area contributed by atoms with E-state index in [1.807, 2.05) is 0 Å². The highest BCUT2D eigenvalue weighted by Gasteiger charge is 2.26. The molecule has 0 aromatic rings. The number of amides is 1. The van der Waals surface area contributed by atoms with Crippen molar-refractivity contribution in [1.82, 2.24) is 5.32 Å². The van der Waals surface area contributed by atoms with Gasteiger partial charge in [-0.25, -0.2) is 0 Å². The van der Waals surface area contributed by atoms with Crippen LogP contribution in [0, 0.1) is 0 Å². The first-order valence-electron chi connectivity index (χ1n) is 21.1. The number of aliphatic hydroxyl groups excluding tert-OH is 3. The van der Waals surface area contributed by atoms with Crippen LogP contribution in [0.2, 0.25) is 0 Å². The SMILES string of the molecule is CCCCCCCC/C=C\CCCCCC(=O)NC(CO)C(O)C(O)CCC/C=C/CCCCCCCCCCCCCCCCCC. The molecule has 0 aliphatic heterocycles. The van der Waals surface area contributed by atoms with E-state index in [0.717, 1.165) is 44.9 Å². The summed E-state index contributed by atoms with van der Waals surface area (Å²) in [5.74, 6) is -0.170. The van der Waals surface area contributed by atoms with Gasteiger partial charge < -0.3 is 20.6 Å². The van der Waals surface area contributed by atoms with Gasteiger partial charge in [-0.2, -0.15) is 0 Å². The molecule has 1 amide bonds. The lowest BCUT2D eigenvalue weighted by atomic mass is 10.0. The zero-order chi connectivity index (χ0) is 35.2. The molecular formula is C43H83NO4. The standard InChI is InChI=1S/C43H83NO4/c1-3-5-7-9-11-13-15-17-18-19-20-21-22-23-24-26-27-29-31-33-35-37-41(46)43(48)40(39-45)44-42(47)38-36-34-32-30-28-25-16-14-12-10-8-6-4-2/h25,28-29,31,40-41,43,45-46,48H,3-24,26-27,30,32-39H2,1-2H3,(H,44,47)/b28-25-,31-29+. The van der Waals surface area contributed by atoms with Crippen molar-refractivity contribution in [2.24, 2.45) is 0 Å². The Hall–Kier alpha value is -1.17. The van der Waals surface area contributed by atoms with Crippen molar-refractivity contribution < 1.29 is 20.1 Å². The summed E-state index contributed by atoms with van der Waals surface area (Å²) in [7, 11) is 0. The summed E-state index contributed by atoms with van der Waals surface area (Å²) in [6, 6.07) is -0.831. The van der Waals surface area contributed by atoms with E-state index >= 15 is 0 Å². The van der Waals surface area contributed by atoms with Gasteiger partial charge in [0, 0.05) is 6.42 Å². The van der Waals surface area contributed by atoms with E-state index in [0.29, 0.717) is 12.8 Å². The average molecular weight is 678 g/mol. The van der Waals surface area contributed by atoms with E-state index in [2.05, 4.69) is 43.5 Å². The quantitative estimate of drug-likeness (QED) is 0.0387. The van der Waals surface area contributed by atoms with Crippen LogP contribution in [0.5, 0.6) is 0 Å². The van der Waals surface area contributed by atoms with Gasteiger partial charge in [0.05, 0.1) is 18.8 Å². The molecule has 0 radical (unpaired) electrons. The Morgan fingerprint density at radius 2 is 0.833 bits per heavy atom. The van der Waals surface area contributed by atoms with Gasteiger partial charge in [0.2, 0.25) is 5.91 Å². The predicted molar refractivity (Wildman–Crippen MR) is 208 cm³/mol. The van der Waals surface area contributed by atoms with Crippen molar-refractivity contribution in [3.8, 4) is 0 Å². The van der Waals surface area contributed by atoms with Gasteiger partial charge in [-0.1, -0.05) is 173 Å². The molecule has 0 aromatic heterocycles. The lowest BCUT2D eigenvalue weighted by molar-refractivity contribution is -0.124. The maximum absolute atomic E-state index is 12.4.